The van der Waals surface area contributed by atoms with E-state index in [-0.39, 0.29) is 6.03 Å². The molecule has 4 nitrogen and oxygen atoms in total. The molecule has 2 amide bonds. The van der Waals surface area contributed by atoms with Crippen molar-refractivity contribution in [1.29, 1.82) is 0 Å². The van der Waals surface area contributed by atoms with Crippen molar-refractivity contribution in [3.8, 4) is 0 Å². The Labute approximate surface area is 136 Å². The summed E-state index contributed by atoms with van der Waals surface area (Å²) in [6.07, 6.45) is 7.23. The van der Waals surface area contributed by atoms with Crippen molar-refractivity contribution in [3.05, 3.63) is 22.4 Å². The summed E-state index contributed by atoms with van der Waals surface area (Å²) in [5, 5.41) is 5.47. The Balaban J connectivity index is 1.41. The summed E-state index contributed by atoms with van der Waals surface area (Å²) < 4.78 is 0. The van der Waals surface area contributed by atoms with E-state index in [0.29, 0.717) is 18.1 Å². The molecule has 0 spiro atoms. The van der Waals surface area contributed by atoms with Gasteiger partial charge in [-0.05, 0) is 50.1 Å². The van der Waals surface area contributed by atoms with Crippen LogP contribution in [-0.2, 0) is 0 Å². The van der Waals surface area contributed by atoms with Crippen LogP contribution in [0.25, 0.3) is 0 Å². The van der Waals surface area contributed by atoms with Crippen LogP contribution in [-0.4, -0.2) is 47.5 Å². The van der Waals surface area contributed by atoms with E-state index in [4.69, 9.17) is 0 Å². The number of carbonyl (C=O) groups is 1. The van der Waals surface area contributed by atoms with E-state index in [1.165, 1.54) is 30.7 Å². The molecule has 120 valence electrons. The zero-order valence-corrected chi connectivity index (χ0v) is 13.9. The van der Waals surface area contributed by atoms with Gasteiger partial charge in [0.15, 0.2) is 0 Å². The van der Waals surface area contributed by atoms with Gasteiger partial charge in [-0.1, -0.05) is 12.5 Å². The molecule has 22 heavy (non-hydrogen) atoms. The Morgan fingerprint density at radius 3 is 2.95 bits per heavy atom. The maximum Gasteiger partial charge on any atom is 0.318 e. The predicted octanol–water partition coefficient (Wildman–Crippen LogP) is 3.22. The minimum Gasteiger partial charge on any atom is -0.334 e. The van der Waals surface area contributed by atoms with Gasteiger partial charge in [-0.15, -0.1) is 11.3 Å². The number of carbonyl (C=O) groups excluding carboxylic acids is 1. The molecule has 3 fully saturated rings. The lowest BCUT2D eigenvalue weighted by molar-refractivity contribution is 0.165. The zero-order chi connectivity index (χ0) is 14.9. The average Bonchev–Trinajstić information content (AvgIpc) is 3.27. The van der Waals surface area contributed by atoms with Gasteiger partial charge in [0.1, 0.15) is 0 Å². The topological polar surface area (TPSA) is 35.6 Å². The summed E-state index contributed by atoms with van der Waals surface area (Å²) >= 11 is 1.77. The van der Waals surface area contributed by atoms with Crippen molar-refractivity contribution >= 4 is 17.4 Å². The molecule has 0 aromatic carbocycles. The summed E-state index contributed by atoms with van der Waals surface area (Å²) in [5.74, 6) is 0. The molecule has 3 atom stereocenters. The third-order valence-corrected chi connectivity index (χ3v) is 6.52. The second kappa shape index (κ2) is 6.20. The minimum absolute atomic E-state index is 0.160. The van der Waals surface area contributed by atoms with Crippen molar-refractivity contribution in [2.45, 2.75) is 56.7 Å². The van der Waals surface area contributed by atoms with E-state index in [0.717, 1.165) is 32.4 Å². The molecular formula is C17H25N3OS. The summed E-state index contributed by atoms with van der Waals surface area (Å²) in [7, 11) is 0. The fourth-order valence-electron chi connectivity index (χ4n) is 4.44. The first-order chi connectivity index (χ1) is 10.8. The van der Waals surface area contributed by atoms with Crippen molar-refractivity contribution in [1.82, 2.24) is 15.1 Å². The average molecular weight is 319 g/mol. The van der Waals surface area contributed by atoms with Crippen molar-refractivity contribution in [2.75, 3.05) is 19.6 Å². The number of nitrogens with zero attached hydrogens (tertiary/aromatic N) is 2. The highest BCUT2D eigenvalue weighted by Crippen LogP contribution is 2.35. The summed E-state index contributed by atoms with van der Waals surface area (Å²) in [6, 6.07) is 5.65. The lowest BCUT2D eigenvalue weighted by Gasteiger charge is -2.34. The quantitative estimate of drug-likeness (QED) is 0.908. The van der Waals surface area contributed by atoms with Crippen LogP contribution in [0.3, 0.4) is 0 Å². The van der Waals surface area contributed by atoms with Crippen molar-refractivity contribution in [3.63, 3.8) is 0 Å². The minimum atomic E-state index is 0.160. The number of hydrogen-bond donors (Lipinski definition) is 1. The number of hydrogen-bond acceptors (Lipinski definition) is 3. The Bertz CT molecular complexity index is 518. The molecule has 0 bridgehead atoms. The standard InChI is InChI=1S/C17H25N3OS/c21-17(18-13-8-11-19-9-2-1-5-14(13)19)20-10-3-6-15(20)16-7-4-12-22-16/h4,7,12-15H,1-3,5-6,8-11H2,(H,18,21)/t13-,14-,15-/m1/s1. The van der Waals surface area contributed by atoms with E-state index in [9.17, 15) is 4.79 Å². The van der Waals surface area contributed by atoms with Gasteiger partial charge < -0.3 is 10.2 Å². The van der Waals surface area contributed by atoms with E-state index in [2.05, 4.69) is 32.6 Å². The van der Waals surface area contributed by atoms with Gasteiger partial charge >= 0.3 is 6.03 Å². The fourth-order valence-corrected chi connectivity index (χ4v) is 5.32. The first-order valence-electron chi connectivity index (χ1n) is 8.67. The molecule has 0 unspecified atom stereocenters. The molecule has 3 saturated heterocycles. The largest absolute Gasteiger partial charge is 0.334 e. The number of likely N-dealkylation sites (tertiary alicyclic amines) is 1. The van der Waals surface area contributed by atoms with Crippen LogP contribution in [0.5, 0.6) is 0 Å². The molecule has 1 N–H and O–H groups in total. The number of thiophene rings is 1. The molecule has 0 aliphatic carbocycles. The molecule has 0 radical (unpaired) electrons. The molecule has 1 aromatic rings. The van der Waals surface area contributed by atoms with Crippen LogP contribution < -0.4 is 5.32 Å². The van der Waals surface area contributed by atoms with Gasteiger partial charge in [0.05, 0.1) is 6.04 Å². The Morgan fingerprint density at radius 1 is 1.14 bits per heavy atom. The van der Waals surface area contributed by atoms with Crippen molar-refractivity contribution < 1.29 is 4.79 Å². The van der Waals surface area contributed by atoms with Crippen LogP contribution in [0.4, 0.5) is 4.79 Å². The van der Waals surface area contributed by atoms with E-state index >= 15 is 0 Å². The second-order valence-corrected chi connectivity index (χ2v) is 7.79. The smallest absolute Gasteiger partial charge is 0.318 e. The van der Waals surface area contributed by atoms with Crippen LogP contribution >= 0.6 is 11.3 Å². The van der Waals surface area contributed by atoms with E-state index in [1.54, 1.807) is 11.3 Å². The SMILES string of the molecule is O=C(N[C@@H]1CCN2CCCC[C@H]12)N1CCC[C@@H]1c1cccs1. The molecule has 3 aliphatic rings. The fraction of sp³-hybridized carbons (Fsp3) is 0.706. The zero-order valence-electron chi connectivity index (χ0n) is 13.0. The van der Waals surface area contributed by atoms with Gasteiger partial charge in [-0.3, -0.25) is 4.90 Å². The number of amides is 2. The molecule has 4 rings (SSSR count). The van der Waals surface area contributed by atoms with E-state index in [1.807, 2.05) is 0 Å². The lowest BCUT2D eigenvalue weighted by atomic mass is 9.99. The van der Waals surface area contributed by atoms with Crippen LogP contribution in [0.15, 0.2) is 17.5 Å². The molecule has 1 aromatic heterocycles. The van der Waals surface area contributed by atoms with Crippen LogP contribution in [0.2, 0.25) is 0 Å². The highest BCUT2D eigenvalue weighted by molar-refractivity contribution is 7.10. The maximum absolute atomic E-state index is 12.8. The molecule has 4 heterocycles. The van der Waals surface area contributed by atoms with Crippen LogP contribution in [0.1, 0.15) is 49.4 Å². The van der Waals surface area contributed by atoms with Gasteiger partial charge in [-0.2, -0.15) is 0 Å². The number of fused-ring (bicyclic) bond motifs is 1. The first-order valence-corrected chi connectivity index (χ1v) is 9.55. The summed E-state index contributed by atoms with van der Waals surface area (Å²) in [6.45, 7) is 3.28. The number of urea groups is 1. The molecule has 5 heteroatoms. The van der Waals surface area contributed by atoms with Gasteiger partial charge in [0, 0.05) is 30.1 Å². The molecular weight excluding hydrogens is 294 g/mol. The van der Waals surface area contributed by atoms with Gasteiger partial charge in [-0.25, -0.2) is 4.79 Å². The second-order valence-electron chi connectivity index (χ2n) is 6.81. The normalized spacial score (nSPS) is 32.2. The Morgan fingerprint density at radius 2 is 2.09 bits per heavy atom. The number of piperidine rings is 1. The maximum atomic E-state index is 12.8. The lowest BCUT2D eigenvalue weighted by Crippen LogP contribution is -2.50. The van der Waals surface area contributed by atoms with Crippen molar-refractivity contribution in [2.24, 2.45) is 0 Å². The molecule has 0 saturated carbocycles. The third-order valence-electron chi connectivity index (χ3n) is 5.55. The Kier molecular flexibility index (Phi) is 4.09. The van der Waals surface area contributed by atoms with E-state index < -0.39 is 0 Å². The summed E-state index contributed by atoms with van der Waals surface area (Å²) in [4.78, 5) is 18.8. The van der Waals surface area contributed by atoms with Crippen LogP contribution in [0, 0.1) is 0 Å². The number of rotatable bonds is 2. The summed E-state index contributed by atoms with van der Waals surface area (Å²) in [5.41, 5.74) is 0. The Hall–Kier alpha value is -1.07. The highest BCUT2D eigenvalue weighted by atomic mass is 32.1. The predicted molar refractivity (Wildman–Crippen MR) is 89.1 cm³/mol. The number of nitrogens with one attached hydrogen (secondary N) is 1. The van der Waals surface area contributed by atoms with Gasteiger partial charge in [0.2, 0.25) is 0 Å². The monoisotopic (exact) mass is 319 g/mol. The van der Waals surface area contributed by atoms with Gasteiger partial charge in [0.25, 0.3) is 0 Å². The highest BCUT2D eigenvalue weighted by Gasteiger charge is 2.38. The first kappa shape index (κ1) is 14.5. The molecule has 3 aliphatic heterocycles. The third kappa shape index (κ3) is 2.65.